The standard InChI is InChI=1S/C16H27N3O2/c1-4-21-11-16-18-12(2)14-9-13(5-6-15(14)19-16)10-17-7-8-20-3/h13,17H,4-11H2,1-3H3. The number of rotatable bonds is 8. The predicted molar refractivity (Wildman–Crippen MR) is 82.4 cm³/mol. The molecule has 1 aliphatic rings. The van der Waals surface area contributed by atoms with Crippen molar-refractivity contribution in [2.45, 2.75) is 39.7 Å². The molecule has 0 aliphatic heterocycles. The summed E-state index contributed by atoms with van der Waals surface area (Å²) in [5.74, 6) is 1.50. The first-order valence-electron chi connectivity index (χ1n) is 7.87. The Balaban J connectivity index is 1.94. The van der Waals surface area contributed by atoms with Gasteiger partial charge in [-0.15, -0.1) is 0 Å². The van der Waals surface area contributed by atoms with E-state index >= 15 is 0 Å². The zero-order valence-electron chi connectivity index (χ0n) is 13.4. The summed E-state index contributed by atoms with van der Waals surface area (Å²) in [6.45, 7) is 8.04. The highest BCUT2D eigenvalue weighted by atomic mass is 16.5. The Morgan fingerprint density at radius 3 is 2.95 bits per heavy atom. The van der Waals surface area contributed by atoms with Crippen molar-refractivity contribution in [3.63, 3.8) is 0 Å². The summed E-state index contributed by atoms with van der Waals surface area (Å²) in [7, 11) is 1.74. The van der Waals surface area contributed by atoms with Crippen molar-refractivity contribution in [1.29, 1.82) is 0 Å². The van der Waals surface area contributed by atoms with E-state index in [-0.39, 0.29) is 0 Å². The SMILES string of the molecule is CCOCc1nc(C)c2c(n1)CCC(CNCCOC)C2. The second-order valence-corrected chi connectivity index (χ2v) is 5.59. The molecule has 0 amide bonds. The van der Waals surface area contributed by atoms with E-state index in [9.17, 15) is 0 Å². The molecule has 1 heterocycles. The predicted octanol–water partition coefficient (Wildman–Crippen LogP) is 1.66. The number of aryl methyl sites for hydroxylation is 2. The lowest BCUT2D eigenvalue weighted by Crippen LogP contribution is -2.30. The van der Waals surface area contributed by atoms with Gasteiger partial charge in [-0.05, 0) is 51.1 Å². The van der Waals surface area contributed by atoms with Crippen LogP contribution in [0.2, 0.25) is 0 Å². The summed E-state index contributed by atoms with van der Waals surface area (Å²) in [6, 6.07) is 0. The van der Waals surface area contributed by atoms with Gasteiger partial charge in [-0.3, -0.25) is 0 Å². The van der Waals surface area contributed by atoms with Gasteiger partial charge in [-0.2, -0.15) is 0 Å². The lowest BCUT2D eigenvalue weighted by atomic mass is 9.85. The molecule has 118 valence electrons. The van der Waals surface area contributed by atoms with Gasteiger partial charge in [0.25, 0.3) is 0 Å². The first kappa shape index (κ1) is 16.3. The molecule has 2 rings (SSSR count). The molecule has 1 aromatic heterocycles. The molecule has 1 aliphatic carbocycles. The third-order valence-electron chi connectivity index (χ3n) is 3.98. The van der Waals surface area contributed by atoms with Gasteiger partial charge in [-0.25, -0.2) is 9.97 Å². The molecular weight excluding hydrogens is 266 g/mol. The molecule has 0 saturated carbocycles. The Labute approximate surface area is 127 Å². The zero-order chi connectivity index (χ0) is 15.1. The fourth-order valence-corrected chi connectivity index (χ4v) is 2.83. The van der Waals surface area contributed by atoms with E-state index < -0.39 is 0 Å². The van der Waals surface area contributed by atoms with E-state index in [1.807, 2.05) is 6.92 Å². The van der Waals surface area contributed by atoms with Crippen LogP contribution in [0, 0.1) is 12.8 Å². The normalized spacial score (nSPS) is 17.8. The van der Waals surface area contributed by atoms with Gasteiger partial charge < -0.3 is 14.8 Å². The highest BCUT2D eigenvalue weighted by Gasteiger charge is 2.22. The largest absolute Gasteiger partial charge is 0.383 e. The number of fused-ring (bicyclic) bond motifs is 1. The molecule has 0 bridgehead atoms. The molecule has 21 heavy (non-hydrogen) atoms. The molecule has 5 heteroatoms. The number of nitrogens with zero attached hydrogens (tertiary/aromatic N) is 2. The van der Waals surface area contributed by atoms with Gasteiger partial charge in [0.05, 0.1) is 6.61 Å². The average molecular weight is 293 g/mol. The van der Waals surface area contributed by atoms with Crippen molar-refractivity contribution >= 4 is 0 Å². The third kappa shape index (κ3) is 4.73. The zero-order valence-corrected chi connectivity index (χ0v) is 13.4. The van der Waals surface area contributed by atoms with Gasteiger partial charge in [0.15, 0.2) is 5.82 Å². The molecule has 0 fully saturated rings. The lowest BCUT2D eigenvalue weighted by Gasteiger charge is -2.25. The van der Waals surface area contributed by atoms with E-state index in [0.29, 0.717) is 19.1 Å². The number of aromatic nitrogens is 2. The van der Waals surface area contributed by atoms with Crippen molar-refractivity contribution < 1.29 is 9.47 Å². The number of methoxy groups -OCH3 is 1. The lowest BCUT2D eigenvalue weighted by molar-refractivity contribution is 0.128. The van der Waals surface area contributed by atoms with Crippen LogP contribution in [0.4, 0.5) is 0 Å². The van der Waals surface area contributed by atoms with E-state index in [4.69, 9.17) is 9.47 Å². The summed E-state index contributed by atoms with van der Waals surface area (Å²) in [5, 5.41) is 3.46. The minimum Gasteiger partial charge on any atom is -0.383 e. The molecule has 0 spiro atoms. The molecular formula is C16H27N3O2. The van der Waals surface area contributed by atoms with Crippen molar-refractivity contribution in [2.24, 2.45) is 5.92 Å². The Morgan fingerprint density at radius 2 is 2.19 bits per heavy atom. The summed E-state index contributed by atoms with van der Waals surface area (Å²) in [6.07, 6.45) is 3.32. The number of hydrogen-bond donors (Lipinski definition) is 1. The average Bonchev–Trinajstić information content (AvgIpc) is 2.50. The van der Waals surface area contributed by atoms with Crippen LogP contribution in [0.1, 0.15) is 36.1 Å². The Morgan fingerprint density at radius 1 is 1.33 bits per heavy atom. The van der Waals surface area contributed by atoms with Crippen molar-refractivity contribution in [1.82, 2.24) is 15.3 Å². The van der Waals surface area contributed by atoms with Gasteiger partial charge in [0, 0.05) is 31.6 Å². The van der Waals surface area contributed by atoms with Gasteiger partial charge in [-0.1, -0.05) is 0 Å². The Kier molecular flexibility index (Phi) is 6.54. The minimum atomic E-state index is 0.520. The molecule has 1 atom stereocenters. The van der Waals surface area contributed by atoms with E-state index in [2.05, 4.69) is 22.2 Å². The van der Waals surface area contributed by atoms with Crippen LogP contribution in [-0.2, 0) is 28.9 Å². The smallest absolute Gasteiger partial charge is 0.154 e. The fourth-order valence-electron chi connectivity index (χ4n) is 2.83. The summed E-state index contributed by atoms with van der Waals surface area (Å²) in [4.78, 5) is 9.27. The third-order valence-corrected chi connectivity index (χ3v) is 3.98. The van der Waals surface area contributed by atoms with Crippen LogP contribution in [0.3, 0.4) is 0 Å². The number of nitrogens with one attached hydrogen (secondary N) is 1. The van der Waals surface area contributed by atoms with Crippen molar-refractivity contribution in [3.05, 3.63) is 22.8 Å². The van der Waals surface area contributed by atoms with Crippen LogP contribution < -0.4 is 5.32 Å². The quantitative estimate of drug-likeness (QED) is 0.739. The van der Waals surface area contributed by atoms with E-state index in [0.717, 1.165) is 44.1 Å². The van der Waals surface area contributed by atoms with Gasteiger partial charge in [0.1, 0.15) is 6.61 Å². The first-order valence-corrected chi connectivity index (χ1v) is 7.87. The van der Waals surface area contributed by atoms with Crippen LogP contribution >= 0.6 is 0 Å². The summed E-state index contributed by atoms with van der Waals surface area (Å²) < 4.78 is 10.5. The maximum Gasteiger partial charge on any atom is 0.154 e. The Bertz CT molecular complexity index is 451. The molecule has 5 nitrogen and oxygen atoms in total. The number of ether oxygens (including phenoxy) is 2. The van der Waals surface area contributed by atoms with E-state index in [1.165, 1.54) is 17.7 Å². The number of hydrogen-bond acceptors (Lipinski definition) is 5. The molecule has 0 saturated heterocycles. The minimum absolute atomic E-state index is 0.520. The second-order valence-electron chi connectivity index (χ2n) is 5.59. The highest BCUT2D eigenvalue weighted by Crippen LogP contribution is 2.26. The molecule has 0 aromatic carbocycles. The second kappa shape index (κ2) is 8.41. The van der Waals surface area contributed by atoms with Crippen molar-refractivity contribution in [2.75, 3.05) is 33.4 Å². The fraction of sp³-hybridized carbons (Fsp3) is 0.750. The van der Waals surface area contributed by atoms with Crippen LogP contribution in [0.5, 0.6) is 0 Å². The van der Waals surface area contributed by atoms with Gasteiger partial charge in [0.2, 0.25) is 0 Å². The molecule has 0 radical (unpaired) electrons. The van der Waals surface area contributed by atoms with Crippen LogP contribution in [0.15, 0.2) is 0 Å². The molecule has 1 unspecified atom stereocenters. The monoisotopic (exact) mass is 293 g/mol. The van der Waals surface area contributed by atoms with Gasteiger partial charge >= 0.3 is 0 Å². The van der Waals surface area contributed by atoms with Crippen molar-refractivity contribution in [3.8, 4) is 0 Å². The van der Waals surface area contributed by atoms with Crippen LogP contribution in [-0.4, -0.2) is 43.4 Å². The maximum atomic E-state index is 5.42. The van der Waals surface area contributed by atoms with E-state index in [1.54, 1.807) is 7.11 Å². The summed E-state index contributed by atoms with van der Waals surface area (Å²) in [5.41, 5.74) is 3.70. The maximum absolute atomic E-state index is 5.42. The Hall–Kier alpha value is -1.04. The topological polar surface area (TPSA) is 56.3 Å². The highest BCUT2D eigenvalue weighted by molar-refractivity contribution is 5.28. The van der Waals surface area contributed by atoms with Crippen LogP contribution in [0.25, 0.3) is 0 Å². The first-order chi connectivity index (χ1) is 10.2. The molecule has 1 aromatic rings. The molecule has 1 N–H and O–H groups in total. The summed E-state index contributed by atoms with van der Waals surface area (Å²) >= 11 is 0.